The molecule has 1 saturated heterocycles. The first-order valence-corrected chi connectivity index (χ1v) is 7.37. The third-order valence-electron chi connectivity index (χ3n) is 3.24. The number of amides is 1. The summed E-state index contributed by atoms with van der Waals surface area (Å²) in [5, 5.41) is 4.57. The van der Waals surface area contributed by atoms with Crippen LogP contribution in [0.5, 0.6) is 0 Å². The Kier molecular flexibility index (Phi) is 3.79. The Hall–Kier alpha value is -1.73. The maximum atomic E-state index is 12.1. The lowest BCUT2D eigenvalue weighted by Gasteiger charge is -2.13. The van der Waals surface area contributed by atoms with Gasteiger partial charge in [-0.05, 0) is 19.8 Å². The minimum absolute atomic E-state index is 0.0724. The van der Waals surface area contributed by atoms with Gasteiger partial charge in [0.1, 0.15) is 11.1 Å². The van der Waals surface area contributed by atoms with Crippen molar-refractivity contribution in [3.8, 4) is 0 Å². The number of hydrogen-bond acceptors (Lipinski definition) is 5. The van der Waals surface area contributed by atoms with Crippen molar-refractivity contribution in [2.75, 3.05) is 5.32 Å². The van der Waals surface area contributed by atoms with E-state index in [2.05, 4.69) is 15.3 Å². The lowest BCUT2D eigenvalue weighted by molar-refractivity contribution is -0.126. The summed E-state index contributed by atoms with van der Waals surface area (Å²) in [6.07, 6.45) is 8.42. The quantitative estimate of drug-likeness (QED) is 0.933. The number of aromatic nitrogens is 3. The lowest BCUT2D eigenvalue weighted by atomic mass is 10.2. The average Bonchev–Trinajstić information content (AvgIpc) is 3.12. The Morgan fingerprint density at radius 1 is 1.60 bits per heavy atom. The number of nitrogens with zero attached hydrogens (tertiary/aromatic N) is 3. The maximum absolute atomic E-state index is 12.1. The van der Waals surface area contributed by atoms with Gasteiger partial charge in [0.2, 0.25) is 0 Å². The van der Waals surface area contributed by atoms with Crippen molar-refractivity contribution in [2.45, 2.75) is 38.5 Å². The van der Waals surface area contributed by atoms with E-state index in [4.69, 9.17) is 4.74 Å². The van der Waals surface area contributed by atoms with Crippen LogP contribution in [0.3, 0.4) is 0 Å². The molecule has 3 rings (SSSR count). The van der Waals surface area contributed by atoms with Crippen LogP contribution in [-0.2, 0) is 16.1 Å². The van der Waals surface area contributed by atoms with Crippen LogP contribution in [0.1, 0.15) is 17.8 Å². The molecule has 0 spiro atoms. The van der Waals surface area contributed by atoms with E-state index in [0.717, 1.165) is 29.4 Å². The highest BCUT2D eigenvalue weighted by Crippen LogP contribution is 2.24. The normalized spacial score (nSPS) is 22.1. The van der Waals surface area contributed by atoms with E-state index in [1.54, 1.807) is 18.7 Å². The van der Waals surface area contributed by atoms with E-state index >= 15 is 0 Å². The predicted octanol–water partition coefficient (Wildman–Crippen LogP) is 1.83. The van der Waals surface area contributed by atoms with Gasteiger partial charge in [0.05, 0.1) is 23.6 Å². The standard InChI is InChI=1S/C13H16N4O2S/c1-9-15-6-12(20-9)16-13(18)11-3-2-10(19-11)7-17-5-4-14-8-17/h4-6,8,10-11H,2-3,7H2,1H3,(H,16,18)/t10-,11+/m1/s1. The summed E-state index contributed by atoms with van der Waals surface area (Å²) >= 11 is 1.47. The van der Waals surface area contributed by atoms with Crippen molar-refractivity contribution in [2.24, 2.45) is 0 Å². The Morgan fingerprint density at radius 3 is 3.20 bits per heavy atom. The number of carbonyl (C=O) groups excluding carboxylic acids is 1. The van der Waals surface area contributed by atoms with E-state index < -0.39 is 0 Å². The zero-order valence-electron chi connectivity index (χ0n) is 11.2. The zero-order chi connectivity index (χ0) is 13.9. The van der Waals surface area contributed by atoms with Crippen molar-refractivity contribution >= 4 is 22.2 Å². The summed E-state index contributed by atoms with van der Waals surface area (Å²) < 4.78 is 7.77. The summed E-state index contributed by atoms with van der Waals surface area (Å²) in [5.41, 5.74) is 0. The van der Waals surface area contributed by atoms with E-state index in [1.165, 1.54) is 11.3 Å². The van der Waals surface area contributed by atoms with E-state index in [0.29, 0.717) is 0 Å². The van der Waals surface area contributed by atoms with Gasteiger partial charge in [-0.2, -0.15) is 0 Å². The number of imidazole rings is 1. The summed E-state index contributed by atoms with van der Waals surface area (Å²) in [7, 11) is 0. The number of anilines is 1. The third-order valence-corrected chi connectivity index (χ3v) is 4.07. The summed E-state index contributed by atoms with van der Waals surface area (Å²) in [4.78, 5) is 20.2. The first-order valence-electron chi connectivity index (χ1n) is 6.55. The van der Waals surface area contributed by atoms with Crippen molar-refractivity contribution in [1.82, 2.24) is 14.5 Å². The van der Waals surface area contributed by atoms with Gasteiger partial charge < -0.3 is 14.6 Å². The number of aryl methyl sites for hydroxylation is 1. The van der Waals surface area contributed by atoms with Gasteiger partial charge in [-0.3, -0.25) is 4.79 Å². The largest absolute Gasteiger partial charge is 0.363 e. The van der Waals surface area contributed by atoms with Crippen LogP contribution in [0.25, 0.3) is 0 Å². The van der Waals surface area contributed by atoms with Crippen molar-refractivity contribution in [3.05, 3.63) is 29.9 Å². The first-order chi connectivity index (χ1) is 9.70. The van der Waals surface area contributed by atoms with Gasteiger partial charge in [0.25, 0.3) is 5.91 Å². The van der Waals surface area contributed by atoms with Gasteiger partial charge in [0, 0.05) is 18.9 Å². The topological polar surface area (TPSA) is 69.0 Å². The second-order valence-corrected chi connectivity index (χ2v) is 6.05. The molecule has 3 heterocycles. The molecule has 1 N–H and O–H groups in total. The molecule has 20 heavy (non-hydrogen) atoms. The molecule has 2 atom stereocenters. The maximum Gasteiger partial charge on any atom is 0.254 e. The molecule has 0 aromatic carbocycles. The second kappa shape index (κ2) is 5.72. The zero-order valence-corrected chi connectivity index (χ0v) is 12.0. The molecule has 2 aromatic rings. The summed E-state index contributed by atoms with van der Waals surface area (Å²) in [6.45, 7) is 2.65. The highest BCUT2D eigenvalue weighted by molar-refractivity contribution is 7.15. The molecule has 0 radical (unpaired) electrons. The van der Waals surface area contributed by atoms with E-state index in [9.17, 15) is 4.79 Å². The van der Waals surface area contributed by atoms with Crippen LogP contribution in [0.15, 0.2) is 24.9 Å². The molecule has 1 fully saturated rings. The smallest absolute Gasteiger partial charge is 0.254 e. The Balaban J connectivity index is 1.52. The number of carbonyl (C=O) groups is 1. The fraction of sp³-hybridized carbons (Fsp3) is 0.462. The van der Waals surface area contributed by atoms with Crippen LogP contribution >= 0.6 is 11.3 Å². The Morgan fingerprint density at radius 2 is 2.50 bits per heavy atom. The molecule has 1 amide bonds. The summed E-state index contributed by atoms with van der Waals surface area (Å²) in [5.74, 6) is -0.0817. The molecule has 0 saturated carbocycles. The number of hydrogen-bond donors (Lipinski definition) is 1. The molecule has 1 aliphatic heterocycles. The minimum Gasteiger partial charge on any atom is -0.363 e. The van der Waals surface area contributed by atoms with Gasteiger partial charge in [-0.15, -0.1) is 11.3 Å². The lowest BCUT2D eigenvalue weighted by Crippen LogP contribution is -2.28. The second-order valence-electron chi connectivity index (χ2n) is 4.82. The van der Waals surface area contributed by atoms with Gasteiger partial charge in [0.15, 0.2) is 0 Å². The van der Waals surface area contributed by atoms with Gasteiger partial charge >= 0.3 is 0 Å². The molecule has 106 valence electrons. The molecular weight excluding hydrogens is 276 g/mol. The Bertz CT molecular complexity index is 581. The Labute approximate surface area is 120 Å². The van der Waals surface area contributed by atoms with Crippen LogP contribution in [0.2, 0.25) is 0 Å². The molecular formula is C13H16N4O2S. The number of thiazole rings is 1. The molecule has 1 aliphatic rings. The van der Waals surface area contributed by atoms with E-state index in [-0.39, 0.29) is 18.1 Å². The summed E-state index contributed by atoms with van der Waals surface area (Å²) in [6, 6.07) is 0. The van der Waals surface area contributed by atoms with Crippen LogP contribution in [0, 0.1) is 6.92 Å². The van der Waals surface area contributed by atoms with Crippen molar-refractivity contribution in [1.29, 1.82) is 0 Å². The fourth-order valence-corrected chi connectivity index (χ4v) is 2.96. The van der Waals surface area contributed by atoms with Crippen molar-refractivity contribution in [3.63, 3.8) is 0 Å². The number of ether oxygens (including phenoxy) is 1. The first kappa shape index (κ1) is 13.3. The molecule has 0 unspecified atom stereocenters. The van der Waals surface area contributed by atoms with Crippen LogP contribution < -0.4 is 5.32 Å². The molecule has 0 aliphatic carbocycles. The highest BCUT2D eigenvalue weighted by atomic mass is 32.1. The number of nitrogens with one attached hydrogen (secondary N) is 1. The highest BCUT2D eigenvalue weighted by Gasteiger charge is 2.31. The number of rotatable bonds is 4. The molecule has 7 heteroatoms. The molecule has 2 aromatic heterocycles. The molecule has 6 nitrogen and oxygen atoms in total. The van der Waals surface area contributed by atoms with Crippen LogP contribution in [-0.4, -0.2) is 32.7 Å². The fourth-order valence-electron chi connectivity index (χ4n) is 2.28. The molecule has 0 bridgehead atoms. The average molecular weight is 292 g/mol. The third kappa shape index (κ3) is 3.05. The SMILES string of the molecule is Cc1ncc(NC(=O)[C@@H]2CC[C@H](Cn3ccnc3)O2)s1. The van der Waals surface area contributed by atoms with E-state index in [1.807, 2.05) is 17.7 Å². The van der Waals surface area contributed by atoms with Crippen molar-refractivity contribution < 1.29 is 9.53 Å². The monoisotopic (exact) mass is 292 g/mol. The minimum atomic E-state index is -0.370. The van der Waals surface area contributed by atoms with Gasteiger partial charge in [-0.25, -0.2) is 9.97 Å². The predicted molar refractivity (Wildman–Crippen MR) is 75.6 cm³/mol. The van der Waals surface area contributed by atoms with Gasteiger partial charge in [-0.1, -0.05) is 0 Å². The van der Waals surface area contributed by atoms with Crippen LogP contribution in [0.4, 0.5) is 5.00 Å².